The number of nitrogens with one attached hydrogen (secondary N) is 1. The molecule has 0 aliphatic rings. The molecule has 3 aromatic carbocycles. The molecule has 0 atom stereocenters. The van der Waals surface area contributed by atoms with Crippen molar-refractivity contribution >= 4 is 39.9 Å². The van der Waals surface area contributed by atoms with E-state index in [4.69, 9.17) is 4.99 Å². The Labute approximate surface area is 213 Å². The van der Waals surface area contributed by atoms with Crippen molar-refractivity contribution < 1.29 is 24.2 Å². The van der Waals surface area contributed by atoms with Gasteiger partial charge in [-0.05, 0) is 68.2 Å². The number of H-pyrrole nitrogens is 1. The molecule has 1 amide bonds. The number of amides is 1. The number of carbonyl (C=O) groups excluding carboxylic acids is 1. The van der Waals surface area contributed by atoms with E-state index in [2.05, 4.69) is 4.98 Å². The van der Waals surface area contributed by atoms with Crippen LogP contribution < -0.4 is 4.90 Å². The van der Waals surface area contributed by atoms with E-state index in [0.717, 1.165) is 0 Å². The Hall–Kier alpha value is -4.50. The second-order valence-corrected chi connectivity index (χ2v) is 8.98. The predicted octanol–water partition coefficient (Wildman–Crippen LogP) is 4.33. The fourth-order valence-electron chi connectivity index (χ4n) is 4.06. The Morgan fingerprint density at radius 1 is 1.00 bits per heavy atom. The van der Waals surface area contributed by atoms with Gasteiger partial charge in [0.1, 0.15) is 5.82 Å². The summed E-state index contributed by atoms with van der Waals surface area (Å²) >= 11 is 0. The summed E-state index contributed by atoms with van der Waals surface area (Å²) in [5.41, 5.74) is 3.55. The minimum atomic E-state index is -0.968. The number of hydrogen-bond donors (Lipinski definition) is 3. The number of carboxylic acid groups (broad SMARTS) is 1. The zero-order chi connectivity index (χ0) is 26.7. The molecule has 0 spiro atoms. The number of nitrogens with zero attached hydrogens (tertiary/aromatic N) is 3. The summed E-state index contributed by atoms with van der Waals surface area (Å²) in [7, 11) is 5.35. The zero-order valence-electron chi connectivity index (χ0n) is 20.7. The third kappa shape index (κ3) is 5.84. The maximum absolute atomic E-state index is 13.8. The van der Waals surface area contributed by atoms with Crippen molar-refractivity contribution in [1.29, 1.82) is 0 Å². The number of aliphatic imine (C=N–C) groups is 1. The minimum Gasteiger partial charge on any atom is -0.494 e. The van der Waals surface area contributed by atoms with Gasteiger partial charge in [0.25, 0.3) is 0 Å². The normalized spacial score (nSPS) is 11.8. The van der Waals surface area contributed by atoms with Gasteiger partial charge in [0.15, 0.2) is 5.88 Å². The molecular weight excluding hydrogens is 475 g/mol. The van der Waals surface area contributed by atoms with Gasteiger partial charge in [-0.3, -0.25) is 9.59 Å². The van der Waals surface area contributed by atoms with Crippen molar-refractivity contribution in [2.75, 3.05) is 32.6 Å². The topological polar surface area (TPSA) is 109 Å². The van der Waals surface area contributed by atoms with Crippen LogP contribution >= 0.6 is 0 Å². The summed E-state index contributed by atoms with van der Waals surface area (Å²) in [6.45, 7) is 0.271. The molecular formula is C28H27FN4O4. The van der Waals surface area contributed by atoms with Crippen LogP contribution in [0, 0.1) is 5.82 Å². The summed E-state index contributed by atoms with van der Waals surface area (Å²) in [5, 5.41) is 20.6. The number of aromatic amines is 1. The second kappa shape index (κ2) is 10.6. The number of carboxylic acids is 1. The number of fused-ring (bicyclic) bond motifs is 1. The third-order valence-electron chi connectivity index (χ3n) is 5.84. The van der Waals surface area contributed by atoms with E-state index in [-0.39, 0.29) is 24.8 Å². The molecule has 4 rings (SSSR count). The average molecular weight is 503 g/mol. The highest BCUT2D eigenvalue weighted by molar-refractivity contribution is 6.22. The highest BCUT2D eigenvalue weighted by Crippen LogP contribution is 2.32. The van der Waals surface area contributed by atoms with Crippen LogP contribution in [0.15, 0.2) is 71.7 Å². The van der Waals surface area contributed by atoms with Gasteiger partial charge >= 0.3 is 5.97 Å². The lowest BCUT2D eigenvalue weighted by atomic mass is 9.98. The number of benzene rings is 3. The number of aliphatic carboxylic acids is 1. The lowest BCUT2D eigenvalue weighted by molar-refractivity contribution is -0.136. The minimum absolute atomic E-state index is 0.0619. The molecule has 4 aromatic rings. The SMILES string of the molecule is CN(C)CC(=O)N(C)c1ccc(N=C(c2cccc(CC(=O)O)c2)c2c(O)[nH]c3cc(F)ccc23)cc1. The van der Waals surface area contributed by atoms with Crippen LogP contribution in [-0.4, -0.2) is 65.4 Å². The number of likely N-dealkylation sites (N-methyl/N-ethyl adjacent to an activating group) is 2. The molecule has 9 heteroatoms. The van der Waals surface area contributed by atoms with Crippen LogP contribution in [0.2, 0.25) is 0 Å². The largest absolute Gasteiger partial charge is 0.494 e. The van der Waals surface area contributed by atoms with Crippen molar-refractivity contribution in [2.45, 2.75) is 6.42 Å². The molecule has 3 N–H and O–H groups in total. The van der Waals surface area contributed by atoms with Gasteiger partial charge in [-0.1, -0.05) is 18.2 Å². The van der Waals surface area contributed by atoms with Gasteiger partial charge < -0.3 is 25.0 Å². The first-order valence-corrected chi connectivity index (χ1v) is 11.5. The molecule has 190 valence electrons. The quantitative estimate of drug-likeness (QED) is 0.311. The standard InChI is InChI=1S/C28H27FN4O4/c1-32(2)16-24(34)33(3)21-10-8-20(9-11-21)30-27(18-6-4-5-17(13-18)14-25(35)36)26-22-12-7-19(29)15-23(22)31-28(26)37/h4-13,15,31,37H,14,16H2,1-3H3,(H,35,36). The first-order valence-electron chi connectivity index (χ1n) is 11.5. The van der Waals surface area contributed by atoms with Crippen molar-refractivity contribution in [3.8, 4) is 5.88 Å². The van der Waals surface area contributed by atoms with Crippen molar-refractivity contribution in [3.05, 3.63) is 89.2 Å². The van der Waals surface area contributed by atoms with Crippen molar-refractivity contribution in [2.24, 2.45) is 4.99 Å². The summed E-state index contributed by atoms with van der Waals surface area (Å²) in [5.74, 6) is -1.67. The summed E-state index contributed by atoms with van der Waals surface area (Å²) in [4.78, 5) is 34.6. The lowest BCUT2D eigenvalue weighted by Gasteiger charge is -2.19. The molecule has 1 heterocycles. The highest BCUT2D eigenvalue weighted by atomic mass is 19.1. The summed E-state index contributed by atoms with van der Waals surface area (Å²) in [6, 6.07) is 18.1. The number of aromatic hydroxyl groups is 1. The van der Waals surface area contributed by atoms with E-state index >= 15 is 0 Å². The fraction of sp³-hybridized carbons (Fsp3) is 0.179. The number of rotatable bonds is 8. The van der Waals surface area contributed by atoms with E-state index in [1.807, 2.05) is 14.1 Å². The molecule has 0 unspecified atom stereocenters. The molecule has 0 fully saturated rings. The zero-order valence-corrected chi connectivity index (χ0v) is 20.7. The number of carbonyl (C=O) groups is 2. The predicted molar refractivity (Wildman–Crippen MR) is 141 cm³/mol. The second-order valence-electron chi connectivity index (χ2n) is 8.98. The molecule has 0 bridgehead atoms. The van der Waals surface area contributed by atoms with Gasteiger partial charge in [0.2, 0.25) is 5.91 Å². The van der Waals surface area contributed by atoms with Crippen molar-refractivity contribution in [3.63, 3.8) is 0 Å². The maximum Gasteiger partial charge on any atom is 0.307 e. The molecule has 8 nitrogen and oxygen atoms in total. The van der Waals surface area contributed by atoms with Crippen LogP contribution in [0.25, 0.3) is 10.9 Å². The molecule has 0 aliphatic heterocycles. The Morgan fingerprint density at radius 2 is 1.73 bits per heavy atom. The van der Waals surface area contributed by atoms with E-state index in [0.29, 0.717) is 44.7 Å². The average Bonchev–Trinajstić information content (AvgIpc) is 3.16. The van der Waals surface area contributed by atoms with Crippen LogP contribution in [0.3, 0.4) is 0 Å². The van der Waals surface area contributed by atoms with E-state index in [1.54, 1.807) is 71.4 Å². The molecule has 0 aliphatic carbocycles. The van der Waals surface area contributed by atoms with E-state index < -0.39 is 11.8 Å². The fourth-order valence-corrected chi connectivity index (χ4v) is 4.06. The first kappa shape index (κ1) is 25.6. The Kier molecular flexibility index (Phi) is 7.35. The van der Waals surface area contributed by atoms with Crippen LogP contribution in [0.4, 0.5) is 15.8 Å². The number of hydrogen-bond acceptors (Lipinski definition) is 5. The van der Waals surface area contributed by atoms with Gasteiger partial charge in [-0.15, -0.1) is 0 Å². The molecule has 37 heavy (non-hydrogen) atoms. The number of halogens is 1. The maximum atomic E-state index is 13.8. The van der Waals surface area contributed by atoms with E-state index in [1.165, 1.54) is 12.1 Å². The number of anilines is 1. The smallest absolute Gasteiger partial charge is 0.307 e. The number of aromatic nitrogens is 1. The van der Waals surface area contributed by atoms with Crippen LogP contribution in [0.1, 0.15) is 16.7 Å². The first-order chi connectivity index (χ1) is 17.6. The Morgan fingerprint density at radius 3 is 2.41 bits per heavy atom. The molecule has 0 saturated carbocycles. The molecule has 1 aromatic heterocycles. The lowest BCUT2D eigenvalue weighted by Crippen LogP contribution is -2.34. The van der Waals surface area contributed by atoms with Crippen LogP contribution in [0.5, 0.6) is 5.88 Å². The van der Waals surface area contributed by atoms with Gasteiger partial charge in [-0.2, -0.15) is 0 Å². The Bertz CT molecular complexity index is 1490. The summed E-state index contributed by atoms with van der Waals surface area (Å²) < 4.78 is 13.8. The van der Waals surface area contributed by atoms with Gasteiger partial charge in [-0.25, -0.2) is 9.38 Å². The monoisotopic (exact) mass is 502 g/mol. The van der Waals surface area contributed by atoms with Crippen molar-refractivity contribution in [1.82, 2.24) is 9.88 Å². The van der Waals surface area contributed by atoms with Crippen LogP contribution in [-0.2, 0) is 16.0 Å². The van der Waals surface area contributed by atoms with E-state index in [9.17, 15) is 24.2 Å². The van der Waals surface area contributed by atoms with Gasteiger partial charge in [0, 0.05) is 23.7 Å². The van der Waals surface area contributed by atoms with Gasteiger partial charge in [0.05, 0.1) is 35.4 Å². The highest BCUT2D eigenvalue weighted by Gasteiger charge is 2.20. The third-order valence-corrected chi connectivity index (χ3v) is 5.84. The summed E-state index contributed by atoms with van der Waals surface area (Å²) in [6.07, 6.45) is -0.172. The molecule has 0 saturated heterocycles. The Balaban J connectivity index is 1.81. The molecule has 0 radical (unpaired) electrons.